The van der Waals surface area contributed by atoms with Gasteiger partial charge in [-0.2, -0.15) is 11.8 Å². The van der Waals surface area contributed by atoms with Crippen LogP contribution in [0.5, 0.6) is 0 Å². The Bertz CT molecular complexity index is 392. The van der Waals surface area contributed by atoms with Crippen molar-refractivity contribution < 1.29 is 9.53 Å². The van der Waals surface area contributed by atoms with E-state index in [-0.39, 0.29) is 5.97 Å². The Kier molecular flexibility index (Phi) is 8.02. The molecule has 1 rings (SSSR count). The molecule has 0 radical (unpaired) electrons. The minimum Gasteiger partial charge on any atom is -0.465 e. The van der Waals surface area contributed by atoms with Crippen molar-refractivity contribution in [3.8, 4) is 0 Å². The maximum atomic E-state index is 11.3. The van der Waals surface area contributed by atoms with Crippen molar-refractivity contribution in [2.75, 3.05) is 18.1 Å². The third-order valence-electron chi connectivity index (χ3n) is 2.49. The number of nitrogens with two attached hydrogens (primary N) is 1. The van der Waals surface area contributed by atoms with Gasteiger partial charge in [0.1, 0.15) is 6.04 Å². The first-order valence-corrected chi connectivity index (χ1v) is 7.61. The molecule has 0 aliphatic rings. The molecule has 0 saturated heterocycles. The van der Waals surface area contributed by atoms with Gasteiger partial charge in [-0.25, -0.2) is 0 Å². The van der Waals surface area contributed by atoms with E-state index in [0.717, 1.165) is 11.5 Å². The van der Waals surface area contributed by atoms with Crippen LogP contribution in [0.1, 0.15) is 18.9 Å². The van der Waals surface area contributed by atoms with Crippen molar-refractivity contribution in [3.63, 3.8) is 0 Å². The third-order valence-corrected chi connectivity index (χ3v) is 3.44. The lowest BCUT2D eigenvalue weighted by atomic mass is 10.2. The first kappa shape index (κ1) is 15.8. The SMILES string of the molecule is CCOC(=O)C(N)CCSCC=Cc1ccccc1. The quantitative estimate of drug-likeness (QED) is 0.587. The van der Waals surface area contributed by atoms with Gasteiger partial charge in [0.2, 0.25) is 0 Å². The molecule has 0 aliphatic carbocycles. The van der Waals surface area contributed by atoms with Crippen molar-refractivity contribution in [1.82, 2.24) is 0 Å². The van der Waals surface area contributed by atoms with E-state index in [1.54, 1.807) is 18.7 Å². The smallest absolute Gasteiger partial charge is 0.322 e. The number of esters is 1. The molecule has 104 valence electrons. The molecule has 0 bridgehead atoms. The zero-order valence-electron chi connectivity index (χ0n) is 11.2. The van der Waals surface area contributed by atoms with Crippen LogP contribution in [0.25, 0.3) is 6.08 Å². The Balaban J connectivity index is 2.11. The summed E-state index contributed by atoms with van der Waals surface area (Å²) in [6.45, 7) is 2.17. The lowest BCUT2D eigenvalue weighted by Gasteiger charge is -2.09. The lowest BCUT2D eigenvalue weighted by molar-refractivity contribution is -0.144. The molecular formula is C15H21NO2S. The summed E-state index contributed by atoms with van der Waals surface area (Å²) in [5, 5.41) is 0. The van der Waals surface area contributed by atoms with Gasteiger partial charge in [0.05, 0.1) is 6.61 Å². The van der Waals surface area contributed by atoms with E-state index in [1.807, 2.05) is 18.2 Å². The van der Waals surface area contributed by atoms with Gasteiger partial charge in [0, 0.05) is 5.75 Å². The summed E-state index contributed by atoms with van der Waals surface area (Å²) >= 11 is 1.76. The minimum atomic E-state index is -0.495. The predicted molar refractivity (Wildman–Crippen MR) is 82.0 cm³/mol. The van der Waals surface area contributed by atoms with E-state index in [2.05, 4.69) is 24.3 Å². The van der Waals surface area contributed by atoms with E-state index in [4.69, 9.17) is 10.5 Å². The van der Waals surface area contributed by atoms with Crippen molar-refractivity contribution in [3.05, 3.63) is 42.0 Å². The number of carbonyl (C=O) groups is 1. The third kappa shape index (κ3) is 7.03. The molecule has 0 aromatic heterocycles. The van der Waals surface area contributed by atoms with Crippen molar-refractivity contribution in [2.45, 2.75) is 19.4 Å². The number of benzene rings is 1. The Labute approximate surface area is 119 Å². The molecule has 19 heavy (non-hydrogen) atoms. The highest BCUT2D eigenvalue weighted by Crippen LogP contribution is 2.07. The van der Waals surface area contributed by atoms with Crippen LogP contribution in [0, 0.1) is 0 Å². The van der Waals surface area contributed by atoms with Gasteiger partial charge < -0.3 is 10.5 Å². The fraction of sp³-hybridized carbons (Fsp3) is 0.400. The van der Waals surface area contributed by atoms with Crippen LogP contribution in [0.15, 0.2) is 36.4 Å². The molecule has 1 atom stereocenters. The highest BCUT2D eigenvalue weighted by molar-refractivity contribution is 7.99. The molecule has 0 amide bonds. The van der Waals surface area contributed by atoms with Gasteiger partial charge in [0.25, 0.3) is 0 Å². The standard InChI is InChI=1S/C15H21NO2S/c1-2-18-15(17)14(16)10-12-19-11-6-9-13-7-4-3-5-8-13/h3-9,14H,2,10-12,16H2,1H3. The summed E-state index contributed by atoms with van der Waals surface area (Å²) in [7, 11) is 0. The van der Waals surface area contributed by atoms with Gasteiger partial charge in [-0.15, -0.1) is 0 Å². The summed E-state index contributed by atoms with van der Waals surface area (Å²) < 4.78 is 4.85. The Morgan fingerprint density at radius 3 is 2.84 bits per heavy atom. The summed E-state index contributed by atoms with van der Waals surface area (Å²) in [5.41, 5.74) is 6.90. The van der Waals surface area contributed by atoms with E-state index < -0.39 is 6.04 Å². The zero-order valence-corrected chi connectivity index (χ0v) is 12.1. The van der Waals surface area contributed by atoms with Crippen LogP contribution in [-0.4, -0.2) is 30.1 Å². The predicted octanol–water partition coefficient (Wildman–Crippen LogP) is 2.71. The maximum Gasteiger partial charge on any atom is 0.322 e. The molecule has 3 nitrogen and oxygen atoms in total. The van der Waals surface area contributed by atoms with Gasteiger partial charge in [-0.05, 0) is 24.7 Å². The van der Waals surface area contributed by atoms with Gasteiger partial charge >= 0.3 is 5.97 Å². The van der Waals surface area contributed by atoms with Crippen LogP contribution in [0.3, 0.4) is 0 Å². The molecule has 1 unspecified atom stereocenters. The number of carbonyl (C=O) groups excluding carboxylic acids is 1. The van der Waals surface area contributed by atoms with E-state index in [1.165, 1.54) is 5.56 Å². The normalized spacial score (nSPS) is 12.5. The summed E-state index contributed by atoms with van der Waals surface area (Å²) in [6, 6.07) is 9.68. The average molecular weight is 279 g/mol. The van der Waals surface area contributed by atoms with E-state index in [9.17, 15) is 4.79 Å². The minimum absolute atomic E-state index is 0.303. The molecule has 1 aromatic rings. The first-order valence-electron chi connectivity index (χ1n) is 6.45. The van der Waals surface area contributed by atoms with Crippen LogP contribution in [0.2, 0.25) is 0 Å². The first-order chi connectivity index (χ1) is 9.24. The molecule has 0 spiro atoms. The van der Waals surface area contributed by atoms with Gasteiger partial charge in [-0.3, -0.25) is 4.79 Å². The molecule has 0 heterocycles. The topological polar surface area (TPSA) is 52.3 Å². The molecular weight excluding hydrogens is 258 g/mol. The molecule has 4 heteroatoms. The highest BCUT2D eigenvalue weighted by Gasteiger charge is 2.13. The van der Waals surface area contributed by atoms with Crippen molar-refractivity contribution >= 4 is 23.8 Å². The number of rotatable bonds is 8. The number of hydrogen-bond donors (Lipinski definition) is 1. The van der Waals surface area contributed by atoms with E-state index in [0.29, 0.717) is 13.0 Å². The average Bonchev–Trinajstić information content (AvgIpc) is 2.43. The molecule has 0 aliphatic heterocycles. The van der Waals surface area contributed by atoms with Crippen LogP contribution < -0.4 is 5.73 Å². The Morgan fingerprint density at radius 1 is 1.42 bits per heavy atom. The van der Waals surface area contributed by atoms with Gasteiger partial charge in [0.15, 0.2) is 0 Å². The second-order valence-electron chi connectivity index (χ2n) is 4.04. The summed E-state index contributed by atoms with van der Waals surface area (Å²) in [5.74, 6) is 1.48. The summed E-state index contributed by atoms with van der Waals surface area (Å²) in [6.07, 6.45) is 4.87. The Morgan fingerprint density at radius 2 is 2.16 bits per heavy atom. The zero-order chi connectivity index (χ0) is 13.9. The highest BCUT2D eigenvalue weighted by atomic mass is 32.2. The number of hydrogen-bond acceptors (Lipinski definition) is 4. The number of thioether (sulfide) groups is 1. The summed E-state index contributed by atoms with van der Waals surface area (Å²) in [4.78, 5) is 11.3. The van der Waals surface area contributed by atoms with Crippen LogP contribution >= 0.6 is 11.8 Å². The number of ether oxygens (including phenoxy) is 1. The largest absolute Gasteiger partial charge is 0.465 e. The fourth-order valence-electron chi connectivity index (χ4n) is 1.48. The second-order valence-corrected chi connectivity index (χ2v) is 5.19. The molecule has 1 aromatic carbocycles. The van der Waals surface area contributed by atoms with Crippen molar-refractivity contribution in [1.29, 1.82) is 0 Å². The van der Waals surface area contributed by atoms with Crippen LogP contribution in [-0.2, 0) is 9.53 Å². The monoisotopic (exact) mass is 279 g/mol. The lowest BCUT2D eigenvalue weighted by Crippen LogP contribution is -2.32. The fourth-order valence-corrected chi connectivity index (χ4v) is 2.30. The molecule has 0 fully saturated rings. The molecule has 0 saturated carbocycles. The maximum absolute atomic E-state index is 11.3. The van der Waals surface area contributed by atoms with Crippen LogP contribution in [0.4, 0.5) is 0 Å². The van der Waals surface area contributed by atoms with Gasteiger partial charge in [-0.1, -0.05) is 42.5 Å². The molecule has 2 N–H and O–H groups in total. The Hall–Kier alpha value is -1.26. The second kappa shape index (κ2) is 9.64. The van der Waals surface area contributed by atoms with Crippen molar-refractivity contribution in [2.24, 2.45) is 5.73 Å². The van der Waals surface area contributed by atoms with E-state index >= 15 is 0 Å².